The summed E-state index contributed by atoms with van der Waals surface area (Å²) in [6.07, 6.45) is -8.26. The minimum absolute atomic E-state index is 0.152. The first-order chi connectivity index (χ1) is 16.1. The van der Waals surface area contributed by atoms with Crippen LogP contribution in [0.4, 0.5) is 33.7 Å². The van der Waals surface area contributed by atoms with Gasteiger partial charge in [0.15, 0.2) is 5.56 Å². The Labute approximate surface area is 196 Å². The fourth-order valence-electron chi connectivity index (χ4n) is 2.95. The number of carbonyl (C=O) groups excluding carboxylic acids is 3. The Hall–Kier alpha value is -4.03. The minimum atomic E-state index is -4.98. The van der Waals surface area contributed by atoms with Gasteiger partial charge in [0.25, 0.3) is 17.5 Å². The topological polar surface area (TPSA) is 119 Å². The smallest absolute Gasteiger partial charge is 0.408 e. The second-order valence-corrected chi connectivity index (χ2v) is 8.22. The zero-order valence-corrected chi connectivity index (χ0v) is 18.8. The molecular formula is C22H21F4N3O6. The van der Waals surface area contributed by atoms with Crippen molar-refractivity contribution >= 4 is 29.3 Å². The quantitative estimate of drug-likeness (QED) is 0.348. The third-order valence-electron chi connectivity index (χ3n) is 4.26. The number of ether oxygens (including phenoxy) is 1. The van der Waals surface area contributed by atoms with Crippen molar-refractivity contribution in [3.8, 4) is 0 Å². The normalized spacial score (nSPS) is 12.4. The summed E-state index contributed by atoms with van der Waals surface area (Å²) in [7, 11) is 0. The van der Waals surface area contributed by atoms with E-state index in [0.29, 0.717) is 0 Å². The number of carbonyl (C=O) groups is 3. The average molecular weight is 499 g/mol. The van der Waals surface area contributed by atoms with Crippen molar-refractivity contribution in [3.63, 3.8) is 0 Å². The highest BCUT2D eigenvalue weighted by Crippen LogP contribution is 2.29. The second kappa shape index (κ2) is 10.5. The van der Waals surface area contributed by atoms with E-state index < -0.39 is 64.1 Å². The molecular weight excluding hydrogens is 478 g/mol. The fourth-order valence-corrected chi connectivity index (χ4v) is 2.95. The number of nitro benzene ring substituents is 1. The van der Waals surface area contributed by atoms with Gasteiger partial charge in [-0.2, -0.15) is 13.2 Å². The SMILES string of the molecule is CC(C)(C)OC(=O)N[C@@H](CC(F)(F)F)C(=O)N(C(=O)c1c(F)cccc1[N+](=O)[O-])c1ccccc1. The lowest BCUT2D eigenvalue weighted by Gasteiger charge is -2.28. The first-order valence-electron chi connectivity index (χ1n) is 10.0. The second-order valence-electron chi connectivity index (χ2n) is 8.22. The third-order valence-corrected chi connectivity index (χ3v) is 4.26. The lowest BCUT2D eigenvalue weighted by molar-refractivity contribution is -0.385. The van der Waals surface area contributed by atoms with Gasteiger partial charge in [-0.1, -0.05) is 24.3 Å². The molecule has 0 saturated heterocycles. The minimum Gasteiger partial charge on any atom is -0.444 e. The molecule has 2 aromatic carbocycles. The van der Waals surface area contributed by atoms with Gasteiger partial charge in [0, 0.05) is 6.07 Å². The van der Waals surface area contributed by atoms with E-state index in [0.717, 1.165) is 30.3 Å². The molecule has 1 atom stereocenters. The van der Waals surface area contributed by atoms with Gasteiger partial charge in [0.1, 0.15) is 17.5 Å². The molecule has 0 saturated carbocycles. The summed E-state index contributed by atoms with van der Waals surface area (Å²) in [5.74, 6) is -4.57. The highest BCUT2D eigenvalue weighted by Gasteiger charge is 2.42. The highest BCUT2D eigenvalue weighted by atomic mass is 19.4. The Morgan fingerprint density at radius 1 is 1.06 bits per heavy atom. The van der Waals surface area contributed by atoms with Gasteiger partial charge in [0.05, 0.1) is 17.0 Å². The molecule has 0 bridgehead atoms. The van der Waals surface area contributed by atoms with Crippen molar-refractivity contribution in [1.29, 1.82) is 0 Å². The van der Waals surface area contributed by atoms with Crippen molar-refractivity contribution in [2.24, 2.45) is 0 Å². The molecule has 0 aliphatic heterocycles. The number of nitro groups is 1. The third kappa shape index (κ3) is 7.48. The van der Waals surface area contributed by atoms with Crippen LogP contribution in [0, 0.1) is 15.9 Å². The van der Waals surface area contributed by atoms with Gasteiger partial charge in [0.2, 0.25) is 0 Å². The van der Waals surface area contributed by atoms with Gasteiger partial charge in [-0.15, -0.1) is 0 Å². The molecule has 0 heterocycles. The summed E-state index contributed by atoms with van der Waals surface area (Å²) in [6.45, 7) is 4.30. The number of alkyl halides is 3. The first kappa shape index (κ1) is 27.2. The summed E-state index contributed by atoms with van der Waals surface area (Å²) in [5.41, 5.74) is -3.58. The van der Waals surface area contributed by atoms with E-state index in [1.807, 2.05) is 0 Å². The maximum absolute atomic E-state index is 14.5. The van der Waals surface area contributed by atoms with E-state index in [1.54, 1.807) is 5.32 Å². The maximum atomic E-state index is 14.5. The van der Waals surface area contributed by atoms with Crippen LogP contribution < -0.4 is 10.2 Å². The monoisotopic (exact) mass is 499 g/mol. The number of nitrogens with one attached hydrogen (secondary N) is 1. The molecule has 3 amide bonds. The number of alkyl carbamates (subject to hydrolysis) is 1. The largest absolute Gasteiger partial charge is 0.444 e. The van der Waals surface area contributed by atoms with Crippen LogP contribution in [0.15, 0.2) is 48.5 Å². The molecule has 0 aliphatic carbocycles. The zero-order chi connectivity index (χ0) is 26.6. The average Bonchev–Trinajstić information content (AvgIpc) is 2.71. The van der Waals surface area contributed by atoms with Gasteiger partial charge < -0.3 is 10.1 Å². The summed E-state index contributed by atoms with van der Waals surface area (Å²) in [4.78, 5) is 49.1. The number of imide groups is 1. The first-order valence-corrected chi connectivity index (χ1v) is 10.0. The van der Waals surface area contributed by atoms with E-state index >= 15 is 0 Å². The van der Waals surface area contributed by atoms with Crippen LogP contribution in [0.25, 0.3) is 0 Å². The number of hydrogen-bond acceptors (Lipinski definition) is 6. The lowest BCUT2D eigenvalue weighted by Crippen LogP contribution is -2.53. The summed E-state index contributed by atoms with van der Waals surface area (Å²) in [5, 5.41) is 13.2. The number of amides is 3. The van der Waals surface area contributed by atoms with Crippen molar-refractivity contribution in [3.05, 3.63) is 70.0 Å². The van der Waals surface area contributed by atoms with Crippen LogP contribution in [0.1, 0.15) is 37.6 Å². The summed E-state index contributed by atoms with van der Waals surface area (Å²) >= 11 is 0. The maximum Gasteiger partial charge on any atom is 0.408 e. The Balaban J connectivity index is 2.61. The number of benzene rings is 2. The van der Waals surface area contributed by atoms with Gasteiger partial charge in [-0.3, -0.25) is 19.7 Å². The summed E-state index contributed by atoms with van der Waals surface area (Å²) in [6, 6.07) is 6.54. The Bertz CT molecular complexity index is 1120. The number of anilines is 1. The highest BCUT2D eigenvalue weighted by molar-refractivity contribution is 6.23. The fraction of sp³-hybridized carbons (Fsp3) is 0.318. The predicted octanol–water partition coefficient (Wildman–Crippen LogP) is 4.75. The van der Waals surface area contributed by atoms with Crippen LogP contribution in [-0.2, 0) is 9.53 Å². The zero-order valence-electron chi connectivity index (χ0n) is 18.8. The van der Waals surface area contributed by atoms with Crippen LogP contribution >= 0.6 is 0 Å². The molecule has 0 radical (unpaired) electrons. The predicted molar refractivity (Wildman–Crippen MR) is 115 cm³/mol. The van der Waals surface area contributed by atoms with Crippen molar-refractivity contribution in [1.82, 2.24) is 5.32 Å². The molecule has 0 aliphatic rings. The molecule has 0 aromatic heterocycles. The lowest BCUT2D eigenvalue weighted by atomic mass is 10.1. The van der Waals surface area contributed by atoms with Gasteiger partial charge in [-0.25, -0.2) is 14.1 Å². The van der Waals surface area contributed by atoms with Crippen LogP contribution in [0.3, 0.4) is 0 Å². The molecule has 0 spiro atoms. The van der Waals surface area contributed by atoms with Crippen molar-refractivity contribution < 1.29 is 41.6 Å². The van der Waals surface area contributed by atoms with Crippen molar-refractivity contribution in [2.75, 3.05) is 4.90 Å². The number of rotatable bonds is 6. The van der Waals surface area contributed by atoms with Crippen LogP contribution in [-0.4, -0.2) is 40.7 Å². The molecule has 2 aromatic rings. The molecule has 0 fully saturated rings. The van der Waals surface area contributed by atoms with E-state index in [-0.39, 0.29) is 10.6 Å². The Kier molecular flexibility index (Phi) is 8.16. The van der Waals surface area contributed by atoms with Crippen molar-refractivity contribution in [2.45, 2.75) is 45.0 Å². The van der Waals surface area contributed by atoms with Gasteiger partial charge >= 0.3 is 12.3 Å². The number of para-hydroxylation sites is 1. The standard InChI is InChI=1S/C22H21F4N3O6/c1-21(2,3)35-20(32)27-15(12-22(24,25)26)18(30)28(13-8-5-4-6-9-13)19(31)17-14(23)10-7-11-16(17)29(33)34/h4-11,15H,12H2,1-3H3,(H,27,32)/t15-/m0/s1. The van der Waals surface area contributed by atoms with E-state index in [9.17, 15) is 42.1 Å². The van der Waals surface area contributed by atoms with Gasteiger partial charge in [-0.05, 0) is 39.0 Å². The van der Waals surface area contributed by atoms with Crippen LogP contribution in [0.2, 0.25) is 0 Å². The van der Waals surface area contributed by atoms with E-state index in [1.165, 1.54) is 39.0 Å². The molecule has 1 N–H and O–H groups in total. The Morgan fingerprint density at radius 3 is 2.17 bits per heavy atom. The number of nitrogens with zero attached hydrogens (tertiary/aromatic N) is 2. The number of hydrogen-bond donors (Lipinski definition) is 1. The molecule has 0 unspecified atom stereocenters. The molecule has 2 rings (SSSR count). The van der Waals surface area contributed by atoms with E-state index in [2.05, 4.69) is 0 Å². The number of halogens is 4. The Morgan fingerprint density at radius 2 is 1.66 bits per heavy atom. The molecule has 35 heavy (non-hydrogen) atoms. The van der Waals surface area contributed by atoms with Crippen LogP contribution in [0.5, 0.6) is 0 Å². The summed E-state index contributed by atoms with van der Waals surface area (Å²) < 4.78 is 59.3. The molecule has 188 valence electrons. The van der Waals surface area contributed by atoms with E-state index in [4.69, 9.17) is 4.74 Å². The molecule has 13 heteroatoms. The molecule has 9 nitrogen and oxygen atoms in total.